The Kier molecular flexibility index (Phi) is 4.62. The van der Waals surface area contributed by atoms with Crippen LogP contribution in [0.3, 0.4) is 0 Å². The predicted octanol–water partition coefficient (Wildman–Crippen LogP) is 3.81. The van der Waals surface area contributed by atoms with Crippen LogP contribution in [-0.4, -0.2) is 45.5 Å². The van der Waals surface area contributed by atoms with E-state index in [1.54, 1.807) is 4.52 Å². The fourth-order valence-electron chi connectivity index (χ4n) is 5.20. The monoisotopic (exact) mass is 431 g/mol. The van der Waals surface area contributed by atoms with E-state index >= 15 is 0 Å². The number of benzene rings is 1. The van der Waals surface area contributed by atoms with Crippen LogP contribution in [0.2, 0.25) is 0 Å². The Bertz CT molecular complexity index is 1220. The molecule has 1 aromatic carbocycles. The summed E-state index contributed by atoms with van der Waals surface area (Å²) >= 11 is 0. The molecular weight excluding hydrogens is 406 g/mol. The third-order valence-electron chi connectivity index (χ3n) is 6.88. The number of rotatable bonds is 3. The maximum atomic E-state index is 13.9. The molecule has 3 aromatic rings. The van der Waals surface area contributed by atoms with Crippen molar-refractivity contribution in [3.05, 3.63) is 65.6 Å². The van der Waals surface area contributed by atoms with Crippen molar-refractivity contribution in [2.75, 3.05) is 13.2 Å². The minimum atomic E-state index is -0.832. The molecule has 2 aliphatic heterocycles. The summed E-state index contributed by atoms with van der Waals surface area (Å²) in [5, 5.41) is 4.25. The summed E-state index contributed by atoms with van der Waals surface area (Å²) < 4.78 is 19.8. The summed E-state index contributed by atoms with van der Waals surface area (Å²) in [5.74, 6) is 1.01. The van der Waals surface area contributed by atoms with Crippen LogP contribution < -0.4 is 0 Å². The average Bonchev–Trinajstić information content (AvgIpc) is 3.55. The van der Waals surface area contributed by atoms with E-state index in [-0.39, 0.29) is 12.1 Å². The Morgan fingerprint density at radius 2 is 1.88 bits per heavy atom. The van der Waals surface area contributed by atoms with Crippen molar-refractivity contribution in [1.82, 2.24) is 14.6 Å². The highest BCUT2D eigenvalue weighted by Crippen LogP contribution is 2.49. The van der Waals surface area contributed by atoms with E-state index in [9.17, 15) is 4.79 Å². The quantitative estimate of drug-likeness (QED) is 0.628. The van der Waals surface area contributed by atoms with Gasteiger partial charge in [0.05, 0.1) is 18.8 Å². The number of carbonyl (C=O) groups excluding carboxylic acids is 1. The second kappa shape index (κ2) is 7.53. The molecule has 0 atom stereocenters. The number of carbonyl (C=O) groups is 1. The molecule has 0 bridgehead atoms. The van der Waals surface area contributed by atoms with Crippen molar-refractivity contribution >= 4 is 22.8 Å². The summed E-state index contributed by atoms with van der Waals surface area (Å²) in [6, 6.07) is 11.9. The lowest BCUT2D eigenvalue weighted by molar-refractivity contribution is -0.139. The summed E-state index contributed by atoms with van der Waals surface area (Å²) in [7, 11) is 0. The van der Waals surface area contributed by atoms with E-state index in [1.807, 2.05) is 43.5 Å². The Morgan fingerprint density at radius 3 is 2.66 bits per heavy atom. The van der Waals surface area contributed by atoms with Crippen LogP contribution in [0.1, 0.15) is 42.4 Å². The van der Waals surface area contributed by atoms with Crippen LogP contribution in [0.15, 0.2) is 48.9 Å². The van der Waals surface area contributed by atoms with Gasteiger partial charge in [-0.15, -0.1) is 0 Å². The van der Waals surface area contributed by atoms with Crippen molar-refractivity contribution in [2.24, 2.45) is 5.92 Å². The molecule has 7 heteroatoms. The molecule has 1 saturated carbocycles. The van der Waals surface area contributed by atoms with Gasteiger partial charge in [-0.2, -0.15) is 5.10 Å². The number of aryl methyl sites for hydroxylation is 1. The van der Waals surface area contributed by atoms with E-state index in [1.165, 1.54) is 6.33 Å². The number of hydrogen-bond donors (Lipinski definition) is 0. The largest absolute Gasteiger partial charge is 0.478 e. The summed E-state index contributed by atoms with van der Waals surface area (Å²) in [6.45, 7) is 3.33. The first-order valence-electron chi connectivity index (χ1n) is 11.2. The molecule has 164 valence electrons. The second-order valence-corrected chi connectivity index (χ2v) is 8.93. The Balaban J connectivity index is 1.39. The smallest absolute Gasteiger partial charge is 0.210 e. The topological polar surface area (TPSA) is 75.0 Å². The molecule has 1 aliphatic carbocycles. The predicted molar refractivity (Wildman–Crippen MR) is 117 cm³/mol. The zero-order valence-electron chi connectivity index (χ0n) is 18.0. The van der Waals surface area contributed by atoms with Gasteiger partial charge in [0.2, 0.25) is 5.78 Å². The molecule has 6 rings (SSSR count). The minimum absolute atomic E-state index is 0.0727. The number of hydrogen-bond acceptors (Lipinski definition) is 6. The van der Waals surface area contributed by atoms with Crippen LogP contribution in [0, 0.1) is 12.8 Å². The number of Topliss-reactive ketones (excluding diaryl/α,β-unsaturated/α-hetero) is 1. The van der Waals surface area contributed by atoms with Crippen molar-refractivity contribution in [2.45, 2.75) is 44.5 Å². The summed E-state index contributed by atoms with van der Waals surface area (Å²) in [5.41, 5.74) is 3.40. The highest BCUT2D eigenvalue weighted by atomic mass is 16.7. The van der Waals surface area contributed by atoms with Gasteiger partial charge >= 0.3 is 0 Å². The van der Waals surface area contributed by atoms with Gasteiger partial charge in [0, 0.05) is 17.7 Å². The number of aromatic nitrogens is 3. The number of fused-ring (bicyclic) bond motifs is 1. The zero-order chi connectivity index (χ0) is 21.7. The number of nitrogens with zero attached hydrogens (tertiary/aromatic N) is 3. The third-order valence-corrected chi connectivity index (χ3v) is 6.88. The highest BCUT2D eigenvalue weighted by Gasteiger charge is 2.52. The van der Waals surface area contributed by atoms with Crippen LogP contribution in [0.25, 0.3) is 17.0 Å². The number of ether oxygens (including phenoxy) is 3. The maximum Gasteiger partial charge on any atom is 0.210 e. The molecule has 0 unspecified atom stereocenters. The fourth-order valence-corrected chi connectivity index (χ4v) is 5.20. The molecule has 1 saturated heterocycles. The van der Waals surface area contributed by atoms with Crippen molar-refractivity contribution < 1.29 is 19.0 Å². The second-order valence-electron chi connectivity index (χ2n) is 8.93. The standard InChI is InChI=1S/C25H25N3O4/c1-16-3-2-4-18(13-16)21-22(19-5-6-20-26-15-27-28(20)14-19)32-25(23(21)29)9-7-17(8-10-25)24-30-11-12-31-24/h2-6,13-15,17,24H,7-12H2,1H3. The molecule has 2 aromatic heterocycles. The van der Waals surface area contributed by atoms with Crippen molar-refractivity contribution in [3.63, 3.8) is 0 Å². The average molecular weight is 431 g/mol. The van der Waals surface area contributed by atoms with Crippen LogP contribution in [0.5, 0.6) is 0 Å². The van der Waals surface area contributed by atoms with Gasteiger partial charge in [0.15, 0.2) is 17.5 Å². The first-order valence-corrected chi connectivity index (χ1v) is 11.2. The van der Waals surface area contributed by atoms with E-state index in [4.69, 9.17) is 14.2 Å². The summed E-state index contributed by atoms with van der Waals surface area (Å²) in [6.07, 6.45) is 6.24. The first kappa shape index (κ1) is 19.6. The van der Waals surface area contributed by atoms with Gasteiger partial charge in [0.1, 0.15) is 12.1 Å². The molecule has 0 amide bonds. The minimum Gasteiger partial charge on any atom is -0.478 e. The molecule has 0 N–H and O–H groups in total. The third kappa shape index (κ3) is 3.15. The molecule has 3 aliphatic rings. The highest BCUT2D eigenvalue weighted by molar-refractivity contribution is 6.33. The number of pyridine rings is 1. The molecule has 32 heavy (non-hydrogen) atoms. The van der Waals surface area contributed by atoms with Gasteiger partial charge in [-0.3, -0.25) is 4.79 Å². The lowest BCUT2D eigenvalue weighted by atomic mass is 9.75. The molecular formula is C25H25N3O4. The van der Waals surface area contributed by atoms with Gasteiger partial charge in [0.25, 0.3) is 0 Å². The van der Waals surface area contributed by atoms with Gasteiger partial charge in [-0.1, -0.05) is 29.8 Å². The van der Waals surface area contributed by atoms with Crippen LogP contribution in [0.4, 0.5) is 0 Å². The molecule has 7 nitrogen and oxygen atoms in total. The molecule has 1 spiro atoms. The lowest BCUT2D eigenvalue weighted by Gasteiger charge is -2.37. The Hall–Kier alpha value is -3.03. The summed E-state index contributed by atoms with van der Waals surface area (Å²) in [4.78, 5) is 18.2. The van der Waals surface area contributed by atoms with Crippen LogP contribution in [-0.2, 0) is 19.0 Å². The van der Waals surface area contributed by atoms with Gasteiger partial charge in [-0.05, 0) is 50.3 Å². The van der Waals surface area contributed by atoms with Crippen molar-refractivity contribution in [3.8, 4) is 0 Å². The van der Waals surface area contributed by atoms with E-state index < -0.39 is 5.60 Å². The Morgan fingerprint density at radius 1 is 1.06 bits per heavy atom. The van der Waals surface area contributed by atoms with E-state index in [0.29, 0.717) is 43.3 Å². The lowest BCUT2D eigenvalue weighted by Crippen LogP contribution is -2.43. The Labute approximate surface area is 186 Å². The SMILES string of the molecule is Cc1cccc(C2=C(c3ccc4ncnn4c3)OC3(CCC(C4OCCO4)CC3)C2=O)c1. The van der Waals surface area contributed by atoms with Crippen LogP contribution >= 0.6 is 0 Å². The van der Waals surface area contributed by atoms with Gasteiger partial charge < -0.3 is 14.2 Å². The maximum absolute atomic E-state index is 13.9. The molecule has 4 heterocycles. The van der Waals surface area contributed by atoms with E-state index in [0.717, 1.165) is 35.2 Å². The normalized spacial score (nSPS) is 26.4. The fraction of sp³-hybridized carbons (Fsp3) is 0.400. The molecule has 2 fully saturated rings. The zero-order valence-corrected chi connectivity index (χ0v) is 18.0. The van der Waals surface area contributed by atoms with Crippen molar-refractivity contribution in [1.29, 1.82) is 0 Å². The first-order chi connectivity index (χ1) is 15.6. The number of ketones is 1. The molecule has 0 radical (unpaired) electrons. The van der Waals surface area contributed by atoms with Gasteiger partial charge in [-0.25, -0.2) is 9.50 Å². The van der Waals surface area contributed by atoms with E-state index in [2.05, 4.69) is 16.1 Å².